The van der Waals surface area contributed by atoms with Crippen molar-refractivity contribution >= 4 is 17.6 Å². The van der Waals surface area contributed by atoms with Crippen LogP contribution in [0, 0.1) is 0 Å². The van der Waals surface area contributed by atoms with Gasteiger partial charge in [-0.3, -0.25) is 19.5 Å². The Morgan fingerprint density at radius 3 is 2.35 bits per heavy atom. The minimum absolute atomic E-state index is 0.0604. The summed E-state index contributed by atoms with van der Waals surface area (Å²) in [5.74, 6) is -0.561. The highest BCUT2D eigenvalue weighted by Crippen LogP contribution is 2.16. The lowest BCUT2D eigenvalue weighted by molar-refractivity contribution is 0.0904. The zero-order valence-corrected chi connectivity index (χ0v) is 17.1. The summed E-state index contributed by atoms with van der Waals surface area (Å²) in [5.41, 5.74) is 1.83. The number of hydrogen-bond donors (Lipinski definition) is 2. The molecule has 1 fully saturated rings. The molecule has 1 aliphatic rings. The molecule has 0 radical (unpaired) electrons. The zero-order chi connectivity index (χ0) is 21.5. The molecule has 31 heavy (non-hydrogen) atoms. The van der Waals surface area contributed by atoms with Crippen LogP contribution in [0.1, 0.15) is 39.3 Å². The second-order valence-electron chi connectivity index (χ2n) is 7.45. The van der Waals surface area contributed by atoms with Gasteiger partial charge in [0, 0.05) is 56.0 Å². The van der Waals surface area contributed by atoms with Crippen LogP contribution in [0.2, 0.25) is 0 Å². The molecule has 0 unspecified atom stereocenters. The van der Waals surface area contributed by atoms with Crippen molar-refractivity contribution in [3.8, 4) is 0 Å². The highest BCUT2D eigenvalue weighted by atomic mass is 16.2. The van der Waals surface area contributed by atoms with Gasteiger partial charge in [-0.25, -0.2) is 9.97 Å². The van der Waals surface area contributed by atoms with Crippen LogP contribution < -0.4 is 10.6 Å². The summed E-state index contributed by atoms with van der Waals surface area (Å²) in [6, 6.07) is 13.6. The second kappa shape index (κ2) is 9.90. The number of amides is 2. The molecule has 8 heteroatoms. The Bertz CT molecular complexity index is 1020. The van der Waals surface area contributed by atoms with E-state index in [1.807, 2.05) is 18.2 Å². The van der Waals surface area contributed by atoms with Gasteiger partial charge in [-0.2, -0.15) is 0 Å². The summed E-state index contributed by atoms with van der Waals surface area (Å²) in [6.07, 6.45) is 7.67. The van der Waals surface area contributed by atoms with Gasteiger partial charge >= 0.3 is 0 Å². The third-order valence-electron chi connectivity index (χ3n) is 5.26. The summed E-state index contributed by atoms with van der Waals surface area (Å²) < 4.78 is 0. The fourth-order valence-corrected chi connectivity index (χ4v) is 3.61. The molecule has 0 spiro atoms. The number of nitrogens with one attached hydrogen (secondary N) is 2. The van der Waals surface area contributed by atoms with Crippen LogP contribution in [0.4, 0.5) is 5.82 Å². The van der Waals surface area contributed by atoms with E-state index >= 15 is 0 Å². The van der Waals surface area contributed by atoms with E-state index in [2.05, 4.69) is 42.6 Å². The first-order valence-electron chi connectivity index (χ1n) is 10.3. The van der Waals surface area contributed by atoms with E-state index in [0.29, 0.717) is 5.56 Å². The molecular weight excluding hydrogens is 392 g/mol. The normalized spacial score (nSPS) is 14.7. The molecule has 0 bridgehead atoms. The molecule has 1 aromatic carbocycles. The second-order valence-corrected chi connectivity index (χ2v) is 7.45. The molecule has 3 aromatic rings. The molecule has 2 amide bonds. The number of aromatic nitrogens is 3. The molecule has 1 aliphatic heterocycles. The monoisotopic (exact) mass is 416 g/mol. The third kappa shape index (κ3) is 5.49. The van der Waals surface area contributed by atoms with E-state index in [0.717, 1.165) is 32.5 Å². The largest absolute Gasteiger partial charge is 0.348 e. The topological polar surface area (TPSA) is 100 Å². The molecule has 8 nitrogen and oxygen atoms in total. The van der Waals surface area contributed by atoms with Gasteiger partial charge in [0.2, 0.25) is 0 Å². The minimum Gasteiger partial charge on any atom is -0.348 e. The van der Waals surface area contributed by atoms with Crippen molar-refractivity contribution in [2.24, 2.45) is 0 Å². The summed E-state index contributed by atoms with van der Waals surface area (Å²) in [4.78, 5) is 39.8. The highest BCUT2D eigenvalue weighted by molar-refractivity contribution is 6.07. The Morgan fingerprint density at radius 2 is 1.61 bits per heavy atom. The molecule has 0 aliphatic carbocycles. The van der Waals surface area contributed by atoms with Crippen molar-refractivity contribution < 1.29 is 9.59 Å². The SMILES string of the molecule is O=C(Nc1nccnc1C(=O)NC1CCN(Cc2ccccc2)CC1)c1ccncc1. The van der Waals surface area contributed by atoms with Gasteiger partial charge in [0.15, 0.2) is 11.5 Å². The minimum atomic E-state index is -0.369. The maximum atomic E-state index is 12.8. The smallest absolute Gasteiger partial charge is 0.273 e. The maximum Gasteiger partial charge on any atom is 0.273 e. The number of benzene rings is 1. The Hall–Kier alpha value is -3.65. The fraction of sp³-hybridized carbons (Fsp3) is 0.261. The molecule has 2 aromatic heterocycles. The summed E-state index contributed by atoms with van der Waals surface area (Å²) in [6.45, 7) is 2.73. The lowest BCUT2D eigenvalue weighted by atomic mass is 10.0. The number of piperidine rings is 1. The highest BCUT2D eigenvalue weighted by Gasteiger charge is 2.24. The number of nitrogens with zero attached hydrogens (tertiary/aromatic N) is 4. The summed E-state index contributed by atoms with van der Waals surface area (Å²) in [5, 5.41) is 5.71. The number of carbonyl (C=O) groups excluding carboxylic acids is 2. The van der Waals surface area contributed by atoms with Crippen LogP contribution in [0.15, 0.2) is 67.3 Å². The first-order valence-corrected chi connectivity index (χ1v) is 10.3. The van der Waals surface area contributed by atoms with E-state index in [1.165, 1.54) is 30.4 Å². The lowest BCUT2D eigenvalue weighted by Gasteiger charge is -2.32. The average Bonchev–Trinajstić information content (AvgIpc) is 2.82. The number of pyridine rings is 1. The predicted molar refractivity (Wildman–Crippen MR) is 116 cm³/mol. The third-order valence-corrected chi connectivity index (χ3v) is 5.26. The summed E-state index contributed by atoms with van der Waals surface area (Å²) in [7, 11) is 0. The number of likely N-dealkylation sites (tertiary alicyclic amines) is 1. The number of anilines is 1. The van der Waals surface area contributed by atoms with Gasteiger partial charge < -0.3 is 10.6 Å². The van der Waals surface area contributed by atoms with E-state index < -0.39 is 0 Å². The Kier molecular flexibility index (Phi) is 6.59. The van der Waals surface area contributed by atoms with Gasteiger partial charge in [-0.05, 0) is 30.5 Å². The molecule has 4 rings (SSSR count). The van der Waals surface area contributed by atoms with Crippen molar-refractivity contribution in [1.82, 2.24) is 25.2 Å². The Morgan fingerprint density at radius 1 is 0.903 bits per heavy atom. The summed E-state index contributed by atoms with van der Waals surface area (Å²) >= 11 is 0. The number of carbonyl (C=O) groups is 2. The van der Waals surface area contributed by atoms with Gasteiger partial charge in [0.1, 0.15) is 0 Å². The standard InChI is InChI=1S/C23H24N6O2/c30-22(18-6-10-24-11-7-18)28-21-20(25-12-13-26-21)23(31)27-19-8-14-29(15-9-19)16-17-4-2-1-3-5-17/h1-7,10-13,19H,8-9,14-16H2,(H,27,31)(H,26,28,30). The van der Waals surface area contributed by atoms with Crippen molar-refractivity contribution in [2.75, 3.05) is 18.4 Å². The van der Waals surface area contributed by atoms with E-state index in [4.69, 9.17) is 0 Å². The molecule has 1 saturated heterocycles. The van der Waals surface area contributed by atoms with Gasteiger partial charge in [-0.15, -0.1) is 0 Å². The van der Waals surface area contributed by atoms with Gasteiger partial charge in [0.05, 0.1) is 0 Å². The Labute approximate surface area is 180 Å². The van der Waals surface area contributed by atoms with Crippen LogP contribution in [0.3, 0.4) is 0 Å². The van der Waals surface area contributed by atoms with Gasteiger partial charge in [-0.1, -0.05) is 30.3 Å². The van der Waals surface area contributed by atoms with Crippen molar-refractivity contribution in [2.45, 2.75) is 25.4 Å². The van der Waals surface area contributed by atoms with Crippen molar-refractivity contribution in [3.05, 3.63) is 84.1 Å². The molecular formula is C23H24N6O2. The van der Waals surface area contributed by atoms with Gasteiger partial charge in [0.25, 0.3) is 11.8 Å². The quantitative estimate of drug-likeness (QED) is 0.641. The van der Waals surface area contributed by atoms with E-state index in [9.17, 15) is 9.59 Å². The number of rotatable bonds is 6. The first kappa shape index (κ1) is 20.6. The van der Waals surface area contributed by atoms with Crippen LogP contribution in [0.25, 0.3) is 0 Å². The molecule has 0 saturated carbocycles. The van der Waals surface area contributed by atoms with Crippen LogP contribution in [-0.2, 0) is 6.54 Å². The van der Waals surface area contributed by atoms with E-state index in [-0.39, 0.29) is 29.4 Å². The molecule has 0 atom stereocenters. The Balaban J connectivity index is 1.34. The van der Waals surface area contributed by atoms with Crippen LogP contribution in [0.5, 0.6) is 0 Å². The molecule has 3 heterocycles. The van der Waals surface area contributed by atoms with Crippen molar-refractivity contribution in [3.63, 3.8) is 0 Å². The lowest BCUT2D eigenvalue weighted by Crippen LogP contribution is -2.44. The van der Waals surface area contributed by atoms with Crippen LogP contribution >= 0.6 is 0 Å². The zero-order valence-electron chi connectivity index (χ0n) is 17.1. The molecule has 158 valence electrons. The first-order chi connectivity index (χ1) is 15.2. The van der Waals surface area contributed by atoms with Crippen molar-refractivity contribution in [1.29, 1.82) is 0 Å². The molecule has 2 N–H and O–H groups in total. The van der Waals surface area contributed by atoms with E-state index in [1.54, 1.807) is 12.1 Å². The average molecular weight is 416 g/mol. The maximum absolute atomic E-state index is 12.8. The van der Waals surface area contributed by atoms with Crippen LogP contribution in [-0.4, -0.2) is 50.8 Å². The number of hydrogen-bond acceptors (Lipinski definition) is 6. The fourth-order valence-electron chi connectivity index (χ4n) is 3.61. The predicted octanol–water partition coefficient (Wildman–Crippen LogP) is 2.52.